The van der Waals surface area contributed by atoms with Crippen molar-refractivity contribution in [2.75, 3.05) is 0 Å². The van der Waals surface area contributed by atoms with Crippen LogP contribution in [0.5, 0.6) is 0 Å². The fourth-order valence-corrected chi connectivity index (χ4v) is 3.95. The number of carbonyl (C=O) groups is 1. The van der Waals surface area contributed by atoms with Crippen LogP contribution in [0.25, 0.3) is 5.69 Å². The first-order valence-corrected chi connectivity index (χ1v) is 8.49. The monoisotopic (exact) mass is 324 g/mol. The van der Waals surface area contributed by atoms with Crippen molar-refractivity contribution in [3.63, 3.8) is 0 Å². The molecule has 0 radical (unpaired) electrons. The van der Waals surface area contributed by atoms with E-state index in [4.69, 9.17) is 4.74 Å². The molecule has 0 amide bonds. The van der Waals surface area contributed by atoms with E-state index in [1.54, 1.807) is 22.2 Å². The Morgan fingerprint density at radius 2 is 2.13 bits per heavy atom. The Morgan fingerprint density at radius 3 is 2.96 bits per heavy atom. The van der Waals surface area contributed by atoms with E-state index in [2.05, 4.69) is 5.10 Å². The lowest BCUT2D eigenvalue weighted by molar-refractivity contribution is 0.0478. The molecule has 4 rings (SSSR count). The van der Waals surface area contributed by atoms with Crippen molar-refractivity contribution in [1.29, 1.82) is 0 Å². The summed E-state index contributed by atoms with van der Waals surface area (Å²) < 4.78 is 7.20. The Labute approximate surface area is 138 Å². The van der Waals surface area contributed by atoms with Gasteiger partial charge in [0.15, 0.2) is 0 Å². The molecule has 5 heteroatoms. The topological polar surface area (TPSA) is 44.1 Å². The van der Waals surface area contributed by atoms with Gasteiger partial charge in [-0.15, -0.1) is 11.3 Å². The Hall–Kier alpha value is -2.40. The number of carbonyl (C=O) groups excluding carboxylic acids is 1. The molecule has 23 heavy (non-hydrogen) atoms. The zero-order valence-corrected chi connectivity index (χ0v) is 13.4. The molecule has 0 N–H and O–H groups in total. The average Bonchev–Trinajstić information content (AvgIpc) is 3.29. The number of para-hydroxylation sites is 1. The van der Waals surface area contributed by atoms with E-state index in [1.165, 1.54) is 16.9 Å². The standard InChI is InChI=1S/C18H16N2O2S/c21-18(17-9-14-5-4-8-16(14)23-17)22-12-13-10-19-20(11-13)15-6-2-1-3-7-15/h1-3,6-7,9-11H,4-5,8,12H2. The lowest BCUT2D eigenvalue weighted by Crippen LogP contribution is -2.02. The molecule has 1 aliphatic rings. The van der Waals surface area contributed by atoms with Crippen LogP contribution < -0.4 is 0 Å². The first-order chi connectivity index (χ1) is 11.3. The van der Waals surface area contributed by atoms with Gasteiger partial charge in [0.1, 0.15) is 11.5 Å². The molecule has 0 saturated carbocycles. The van der Waals surface area contributed by atoms with Crippen LogP contribution in [0, 0.1) is 0 Å². The molecule has 3 aromatic rings. The highest BCUT2D eigenvalue weighted by molar-refractivity contribution is 7.14. The summed E-state index contributed by atoms with van der Waals surface area (Å²) in [6.45, 7) is 0.244. The molecule has 0 spiro atoms. The maximum atomic E-state index is 12.2. The number of aromatic nitrogens is 2. The van der Waals surface area contributed by atoms with Gasteiger partial charge in [-0.3, -0.25) is 0 Å². The van der Waals surface area contributed by atoms with Crippen molar-refractivity contribution < 1.29 is 9.53 Å². The van der Waals surface area contributed by atoms with E-state index in [9.17, 15) is 4.79 Å². The third-order valence-electron chi connectivity index (χ3n) is 3.97. The van der Waals surface area contributed by atoms with Gasteiger partial charge in [-0.2, -0.15) is 5.10 Å². The van der Waals surface area contributed by atoms with Gasteiger partial charge >= 0.3 is 5.97 Å². The summed E-state index contributed by atoms with van der Waals surface area (Å²) in [6, 6.07) is 11.8. The maximum absolute atomic E-state index is 12.2. The van der Waals surface area contributed by atoms with Crippen molar-refractivity contribution in [3.05, 3.63) is 69.7 Å². The van der Waals surface area contributed by atoms with E-state index < -0.39 is 0 Å². The summed E-state index contributed by atoms with van der Waals surface area (Å²) in [5.41, 5.74) is 3.19. The number of benzene rings is 1. The van der Waals surface area contributed by atoms with E-state index in [-0.39, 0.29) is 12.6 Å². The summed E-state index contributed by atoms with van der Waals surface area (Å²) in [6.07, 6.45) is 7.00. The smallest absolute Gasteiger partial charge is 0.348 e. The zero-order valence-electron chi connectivity index (χ0n) is 12.6. The van der Waals surface area contributed by atoms with E-state index >= 15 is 0 Å². The van der Waals surface area contributed by atoms with Crippen LogP contribution in [-0.2, 0) is 24.2 Å². The Balaban J connectivity index is 1.41. The number of nitrogens with zero attached hydrogens (tertiary/aromatic N) is 2. The second kappa shape index (κ2) is 6.01. The van der Waals surface area contributed by atoms with Crippen LogP contribution in [0.15, 0.2) is 48.8 Å². The van der Waals surface area contributed by atoms with Crippen molar-refractivity contribution in [2.24, 2.45) is 0 Å². The third-order valence-corrected chi connectivity index (χ3v) is 5.19. The summed E-state index contributed by atoms with van der Waals surface area (Å²) in [4.78, 5) is 14.2. The van der Waals surface area contributed by atoms with Gasteiger partial charge < -0.3 is 4.74 Å². The summed E-state index contributed by atoms with van der Waals surface area (Å²) in [7, 11) is 0. The van der Waals surface area contributed by atoms with Gasteiger partial charge in [0.05, 0.1) is 11.9 Å². The molecule has 0 bridgehead atoms. The molecular formula is C18H16N2O2S. The predicted molar refractivity (Wildman–Crippen MR) is 89.0 cm³/mol. The number of rotatable bonds is 4. The highest BCUT2D eigenvalue weighted by Gasteiger charge is 2.19. The molecule has 0 unspecified atom stereocenters. The number of hydrogen-bond acceptors (Lipinski definition) is 4. The van der Waals surface area contributed by atoms with E-state index in [1.807, 2.05) is 42.6 Å². The Bertz CT molecular complexity index is 814. The minimum atomic E-state index is -0.239. The second-order valence-corrected chi connectivity index (χ2v) is 6.75. The molecule has 1 aliphatic carbocycles. The normalized spacial score (nSPS) is 13.0. The van der Waals surface area contributed by atoms with Crippen LogP contribution >= 0.6 is 11.3 Å². The van der Waals surface area contributed by atoms with Crippen molar-refractivity contribution in [2.45, 2.75) is 25.9 Å². The number of esters is 1. The SMILES string of the molecule is O=C(OCc1cnn(-c2ccccc2)c1)c1cc2c(s1)CCC2. The number of hydrogen-bond donors (Lipinski definition) is 0. The van der Waals surface area contributed by atoms with Crippen LogP contribution in [-0.4, -0.2) is 15.7 Å². The lowest BCUT2D eigenvalue weighted by Gasteiger charge is -2.01. The van der Waals surface area contributed by atoms with Crippen molar-refractivity contribution >= 4 is 17.3 Å². The fourth-order valence-electron chi connectivity index (χ4n) is 2.81. The minimum absolute atomic E-state index is 0.239. The van der Waals surface area contributed by atoms with Crippen LogP contribution in [0.3, 0.4) is 0 Å². The maximum Gasteiger partial charge on any atom is 0.348 e. The van der Waals surface area contributed by atoms with Crippen LogP contribution in [0.4, 0.5) is 0 Å². The quantitative estimate of drug-likeness (QED) is 0.686. The first-order valence-electron chi connectivity index (χ1n) is 7.67. The summed E-state index contributed by atoms with van der Waals surface area (Å²) in [5, 5.41) is 4.31. The third kappa shape index (κ3) is 2.92. The van der Waals surface area contributed by atoms with Gasteiger partial charge in [0.25, 0.3) is 0 Å². The van der Waals surface area contributed by atoms with Gasteiger partial charge in [-0.25, -0.2) is 9.48 Å². The molecule has 1 aromatic carbocycles. The molecule has 0 atom stereocenters. The highest BCUT2D eigenvalue weighted by Crippen LogP contribution is 2.31. The first kappa shape index (κ1) is 14.2. The van der Waals surface area contributed by atoms with Crippen LogP contribution in [0.1, 0.15) is 32.1 Å². The number of ether oxygens (including phenoxy) is 1. The number of fused-ring (bicyclic) bond motifs is 1. The van der Waals surface area contributed by atoms with Gasteiger partial charge in [-0.05, 0) is 43.0 Å². The molecule has 116 valence electrons. The fraction of sp³-hybridized carbons (Fsp3) is 0.222. The number of aryl methyl sites for hydroxylation is 2. The Kier molecular flexibility index (Phi) is 3.71. The van der Waals surface area contributed by atoms with E-state index in [0.29, 0.717) is 4.88 Å². The van der Waals surface area contributed by atoms with Crippen molar-refractivity contribution in [3.8, 4) is 5.69 Å². The summed E-state index contributed by atoms with van der Waals surface area (Å²) in [5.74, 6) is -0.239. The lowest BCUT2D eigenvalue weighted by atomic mass is 10.2. The Morgan fingerprint density at radius 1 is 1.26 bits per heavy atom. The van der Waals surface area contributed by atoms with Crippen molar-refractivity contribution in [1.82, 2.24) is 9.78 Å². The van der Waals surface area contributed by atoms with Gasteiger partial charge in [0, 0.05) is 16.6 Å². The number of thiophene rings is 1. The molecular weight excluding hydrogens is 308 g/mol. The predicted octanol–water partition coefficient (Wildman–Crippen LogP) is 3.78. The van der Waals surface area contributed by atoms with Crippen LogP contribution in [0.2, 0.25) is 0 Å². The van der Waals surface area contributed by atoms with Gasteiger partial charge in [0.2, 0.25) is 0 Å². The molecule has 2 aromatic heterocycles. The molecule has 0 fully saturated rings. The molecule has 2 heterocycles. The minimum Gasteiger partial charge on any atom is -0.457 e. The summed E-state index contributed by atoms with van der Waals surface area (Å²) >= 11 is 1.57. The molecule has 4 nitrogen and oxygen atoms in total. The highest BCUT2D eigenvalue weighted by atomic mass is 32.1. The largest absolute Gasteiger partial charge is 0.457 e. The zero-order chi connectivity index (χ0) is 15.6. The average molecular weight is 324 g/mol. The second-order valence-electron chi connectivity index (χ2n) is 5.62. The molecule has 0 aliphatic heterocycles. The molecule has 0 saturated heterocycles. The van der Waals surface area contributed by atoms with Gasteiger partial charge in [-0.1, -0.05) is 18.2 Å². The van der Waals surface area contributed by atoms with E-state index in [0.717, 1.165) is 24.1 Å².